The topological polar surface area (TPSA) is 62.8 Å². The molecule has 0 bridgehead atoms. The second-order valence-corrected chi connectivity index (χ2v) is 7.57. The molecule has 3 aliphatic heterocycles. The zero-order valence-corrected chi connectivity index (χ0v) is 15.6. The lowest BCUT2D eigenvalue weighted by Gasteiger charge is -2.36. The van der Waals surface area contributed by atoms with Crippen molar-refractivity contribution in [2.45, 2.75) is 44.2 Å². The van der Waals surface area contributed by atoms with Crippen molar-refractivity contribution >= 4 is 11.8 Å². The molecular formula is C19H31N5O2. The minimum atomic E-state index is 0.425. The van der Waals surface area contributed by atoms with E-state index in [1.807, 2.05) is 12.3 Å². The molecule has 0 radical (unpaired) electrons. The first kappa shape index (κ1) is 17.9. The summed E-state index contributed by atoms with van der Waals surface area (Å²) in [4.78, 5) is 13.9. The minimum Gasteiger partial charge on any atom is -0.378 e. The molecule has 0 saturated carbocycles. The maximum atomic E-state index is 5.92. The van der Waals surface area contributed by atoms with Gasteiger partial charge < -0.3 is 19.7 Å². The van der Waals surface area contributed by atoms with Gasteiger partial charge in [-0.15, -0.1) is 0 Å². The standard InChI is InChI=1S/C19H31N5O2/c1-2-11-26-17(5-1)15-23-8-3-4-16(14-23)21-18-6-7-20-19(22-18)24-9-12-25-13-10-24/h6-7,16-17H,1-5,8-15H2,(H,20,21,22). The second kappa shape index (κ2) is 8.97. The number of hydrogen-bond donors (Lipinski definition) is 1. The summed E-state index contributed by atoms with van der Waals surface area (Å²) in [6, 6.07) is 2.42. The van der Waals surface area contributed by atoms with Gasteiger partial charge in [-0.3, -0.25) is 4.90 Å². The molecule has 3 fully saturated rings. The maximum absolute atomic E-state index is 5.92. The van der Waals surface area contributed by atoms with E-state index in [-0.39, 0.29) is 0 Å². The molecule has 7 nitrogen and oxygen atoms in total. The number of aromatic nitrogens is 2. The Morgan fingerprint density at radius 1 is 1.08 bits per heavy atom. The van der Waals surface area contributed by atoms with Crippen LogP contribution in [0.25, 0.3) is 0 Å². The zero-order valence-electron chi connectivity index (χ0n) is 15.6. The number of piperidine rings is 1. The summed E-state index contributed by atoms with van der Waals surface area (Å²) in [6.07, 6.45) is 8.45. The van der Waals surface area contributed by atoms with E-state index >= 15 is 0 Å². The molecule has 0 aromatic carbocycles. The summed E-state index contributed by atoms with van der Waals surface area (Å²) in [5, 5.41) is 3.64. The van der Waals surface area contributed by atoms with Crippen LogP contribution in [-0.2, 0) is 9.47 Å². The molecule has 1 aromatic rings. The van der Waals surface area contributed by atoms with Gasteiger partial charge in [-0.1, -0.05) is 0 Å². The van der Waals surface area contributed by atoms with E-state index in [9.17, 15) is 0 Å². The molecule has 3 aliphatic rings. The predicted octanol–water partition coefficient (Wildman–Crippen LogP) is 1.76. The highest BCUT2D eigenvalue weighted by Crippen LogP contribution is 2.20. The van der Waals surface area contributed by atoms with E-state index in [0.717, 1.165) is 57.8 Å². The van der Waals surface area contributed by atoms with Crippen LogP contribution in [0.3, 0.4) is 0 Å². The van der Waals surface area contributed by atoms with E-state index in [2.05, 4.69) is 20.1 Å². The van der Waals surface area contributed by atoms with Crippen molar-refractivity contribution in [3.05, 3.63) is 12.3 Å². The zero-order chi connectivity index (χ0) is 17.6. The molecule has 2 atom stereocenters. The third-order valence-corrected chi connectivity index (χ3v) is 5.53. The molecule has 26 heavy (non-hydrogen) atoms. The largest absolute Gasteiger partial charge is 0.378 e. The summed E-state index contributed by atoms with van der Waals surface area (Å²) < 4.78 is 11.3. The van der Waals surface area contributed by atoms with Gasteiger partial charge in [0.25, 0.3) is 0 Å². The summed E-state index contributed by atoms with van der Waals surface area (Å²) in [5.41, 5.74) is 0. The van der Waals surface area contributed by atoms with Crippen molar-refractivity contribution in [1.29, 1.82) is 0 Å². The highest BCUT2D eigenvalue weighted by atomic mass is 16.5. The van der Waals surface area contributed by atoms with Crippen molar-refractivity contribution in [2.75, 3.05) is 62.8 Å². The highest BCUT2D eigenvalue weighted by Gasteiger charge is 2.24. The van der Waals surface area contributed by atoms with Crippen molar-refractivity contribution in [2.24, 2.45) is 0 Å². The molecular weight excluding hydrogens is 330 g/mol. The number of anilines is 2. The minimum absolute atomic E-state index is 0.425. The van der Waals surface area contributed by atoms with Crippen LogP contribution in [0.2, 0.25) is 0 Å². The van der Waals surface area contributed by atoms with Crippen LogP contribution in [0.5, 0.6) is 0 Å². The molecule has 3 saturated heterocycles. The van der Waals surface area contributed by atoms with Gasteiger partial charge >= 0.3 is 0 Å². The lowest BCUT2D eigenvalue weighted by molar-refractivity contribution is -0.00931. The number of nitrogens with one attached hydrogen (secondary N) is 1. The molecule has 4 heterocycles. The number of morpholine rings is 1. The van der Waals surface area contributed by atoms with Gasteiger partial charge in [-0.25, -0.2) is 4.98 Å². The third-order valence-electron chi connectivity index (χ3n) is 5.53. The Kier molecular flexibility index (Phi) is 6.19. The van der Waals surface area contributed by atoms with Crippen LogP contribution in [0, 0.1) is 0 Å². The smallest absolute Gasteiger partial charge is 0.227 e. The molecule has 4 rings (SSSR count). The monoisotopic (exact) mass is 361 g/mol. The predicted molar refractivity (Wildman–Crippen MR) is 102 cm³/mol. The van der Waals surface area contributed by atoms with Gasteiger partial charge in [-0.05, 0) is 44.7 Å². The van der Waals surface area contributed by atoms with Gasteiger partial charge in [-0.2, -0.15) is 4.98 Å². The van der Waals surface area contributed by atoms with E-state index in [0.29, 0.717) is 12.1 Å². The van der Waals surface area contributed by atoms with Crippen LogP contribution in [-0.4, -0.2) is 79.6 Å². The number of nitrogens with zero attached hydrogens (tertiary/aromatic N) is 4. The van der Waals surface area contributed by atoms with Crippen LogP contribution in [0.15, 0.2) is 12.3 Å². The van der Waals surface area contributed by atoms with Crippen molar-refractivity contribution in [1.82, 2.24) is 14.9 Å². The highest BCUT2D eigenvalue weighted by molar-refractivity contribution is 5.42. The SMILES string of the molecule is c1cc(NC2CCCN(CC3CCCCO3)C2)nc(N2CCOCC2)n1. The summed E-state index contributed by atoms with van der Waals surface area (Å²) in [7, 11) is 0. The van der Waals surface area contributed by atoms with E-state index in [4.69, 9.17) is 14.5 Å². The maximum Gasteiger partial charge on any atom is 0.227 e. The summed E-state index contributed by atoms with van der Waals surface area (Å²) in [5.74, 6) is 1.74. The number of likely N-dealkylation sites (tertiary alicyclic amines) is 1. The van der Waals surface area contributed by atoms with Crippen molar-refractivity contribution < 1.29 is 9.47 Å². The molecule has 1 N–H and O–H groups in total. The third kappa shape index (κ3) is 4.84. The fraction of sp³-hybridized carbons (Fsp3) is 0.789. The van der Waals surface area contributed by atoms with E-state index < -0.39 is 0 Å². The van der Waals surface area contributed by atoms with Gasteiger partial charge in [0.1, 0.15) is 5.82 Å². The molecule has 0 amide bonds. The fourth-order valence-electron chi connectivity index (χ4n) is 4.13. The Balaban J connectivity index is 1.31. The Hall–Kier alpha value is -1.44. The lowest BCUT2D eigenvalue weighted by atomic mass is 10.0. The Morgan fingerprint density at radius 2 is 2.00 bits per heavy atom. The lowest BCUT2D eigenvalue weighted by Crippen LogP contribution is -2.46. The molecule has 0 aliphatic carbocycles. The van der Waals surface area contributed by atoms with Crippen LogP contribution < -0.4 is 10.2 Å². The Morgan fingerprint density at radius 3 is 2.85 bits per heavy atom. The van der Waals surface area contributed by atoms with Crippen molar-refractivity contribution in [3.63, 3.8) is 0 Å². The quantitative estimate of drug-likeness (QED) is 0.857. The van der Waals surface area contributed by atoms with Crippen LogP contribution in [0.1, 0.15) is 32.1 Å². The van der Waals surface area contributed by atoms with E-state index in [1.165, 1.54) is 38.6 Å². The average Bonchev–Trinajstić information content (AvgIpc) is 2.70. The first-order chi connectivity index (χ1) is 12.9. The van der Waals surface area contributed by atoms with E-state index in [1.54, 1.807) is 0 Å². The summed E-state index contributed by atoms with van der Waals surface area (Å²) >= 11 is 0. The summed E-state index contributed by atoms with van der Waals surface area (Å²) in [6.45, 7) is 7.48. The van der Waals surface area contributed by atoms with Gasteiger partial charge in [0.15, 0.2) is 0 Å². The number of rotatable bonds is 5. The number of hydrogen-bond acceptors (Lipinski definition) is 7. The average molecular weight is 361 g/mol. The second-order valence-electron chi connectivity index (χ2n) is 7.57. The fourth-order valence-corrected chi connectivity index (χ4v) is 4.13. The first-order valence-electron chi connectivity index (χ1n) is 10.1. The Labute approximate surface area is 156 Å². The molecule has 7 heteroatoms. The molecule has 144 valence electrons. The molecule has 0 spiro atoms. The van der Waals surface area contributed by atoms with Gasteiger partial charge in [0, 0.05) is 45.0 Å². The van der Waals surface area contributed by atoms with Crippen LogP contribution in [0.4, 0.5) is 11.8 Å². The van der Waals surface area contributed by atoms with Gasteiger partial charge in [0.2, 0.25) is 5.95 Å². The van der Waals surface area contributed by atoms with Gasteiger partial charge in [0.05, 0.1) is 19.3 Å². The van der Waals surface area contributed by atoms with Crippen LogP contribution >= 0.6 is 0 Å². The number of ether oxygens (including phenoxy) is 2. The molecule has 1 aromatic heterocycles. The Bertz CT molecular complexity index is 561. The normalized spacial score (nSPS) is 28.1. The first-order valence-corrected chi connectivity index (χ1v) is 10.1. The van der Waals surface area contributed by atoms with Crippen molar-refractivity contribution in [3.8, 4) is 0 Å². The molecule has 2 unspecified atom stereocenters.